The third kappa shape index (κ3) is 9.41. The first-order chi connectivity index (χ1) is 15.6. The molecule has 1 atom stereocenters. The first-order valence-electron chi connectivity index (χ1n) is 10.8. The SMILES string of the molecule is C=C/C=C(/NC(=O)C1=CSC(c2ccn[nH]2)N1C)C(=C)N1CCCCC1.CC.CC(F)(F)F. The molecule has 1 unspecified atom stereocenters. The van der Waals surface area contributed by atoms with Gasteiger partial charge in [-0.05, 0) is 31.4 Å². The molecule has 184 valence electrons. The van der Waals surface area contributed by atoms with Crippen molar-refractivity contribution >= 4 is 17.7 Å². The fraction of sp³-hybridized carbons (Fsp3) is 0.478. The van der Waals surface area contributed by atoms with Crippen molar-refractivity contribution in [2.75, 3.05) is 20.1 Å². The van der Waals surface area contributed by atoms with Crippen molar-refractivity contribution in [1.82, 2.24) is 25.3 Å². The largest absolute Gasteiger partial charge is 0.386 e. The minimum atomic E-state index is -4.00. The van der Waals surface area contributed by atoms with Gasteiger partial charge in [0.25, 0.3) is 5.91 Å². The van der Waals surface area contributed by atoms with Crippen molar-refractivity contribution in [1.29, 1.82) is 0 Å². The average molecular weight is 486 g/mol. The lowest BCUT2D eigenvalue weighted by atomic mass is 10.1. The molecule has 0 saturated carbocycles. The van der Waals surface area contributed by atoms with E-state index in [0.29, 0.717) is 11.4 Å². The van der Waals surface area contributed by atoms with Gasteiger partial charge in [0.15, 0.2) is 0 Å². The van der Waals surface area contributed by atoms with E-state index in [1.165, 1.54) is 6.42 Å². The number of piperidine rings is 1. The summed E-state index contributed by atoms with van der Waals surface area (Å²) in [6, 6.07) is 1.92. The lowest BCUT2D eigenvalue weighted by Gasteiger charge is -2.32. The summed E-state index contributed by atoms with van der Waals surface area (Å²) in [5, 5.41) is 11.9. The Balaban J connectivity index is 0.000000689. The molecule has 0 aromatic carbocycles. The third-order valence-electron chi connectivity index (χ3n) is 4.64. The Morgan fingerprint density at radius 1 is 1.30 bits per heavy atom. The summed E-state index contributed by atoms with van der Waals surface area (Å²) in [4.78, 5) is 17.0. The number of hydrogen-bond donors (Lipinski definition) is 2. The lowest BCUT2D eigenvalue weighted by molar-refractivity contribution is -0.118. The third-order valence-corrected chi connectivity index (χ3v) is 5.83. The highest BCUT2D eigenvalue weighted by atomic mass is 32.2. The van der Waals surface area contributed by atoms with Gasteiger partial charge in [0.05, 0.1) is 17.1 Å². The fourth-order valence-corrected chi connectivity index (χ4v) is 4.28. The maximum absolute atomic E-state index is 12.8. The van der Waals surface area contributed by atoms with Gasteiger partial charge in [-0.25, -0.2) is 0 Å². The average Bonchev–Trinajstić information content (AvgIpc) is 3.43. The number of aromatic nitrogens is 2. The minimum Gasteiger partial charge on any atom is -0.370 e. The second-order valence-corrected chi connectivity index (χ2v) is 8.11. The number of alkyl halides is 3. The summed E-state index contributed by atoms with van der Waals surface area (Å²) in [6.07, 6.45) is 4.77. The summed E-state index contributed by atoms with van der Waals surface area (Å²) >= 11 is 1.58. The summed E-state index contributed by atoms with van der Waals surface area (Å²) in [6.45, 7) is 14.1. The van der Waals surface area contributed by atoms with E-state index in [0.717, 1.165) is 37.3 Å². The molecule has 0 bridgehead atoms. The van der Waals surface area contributed by atoms with Gasteiger partial charge in [0.1, 0.15) is 11.1 Å². The smallest absolute Gasteiger partial charge is 0.370 e. The molecule has 10 heteroatoms. The van der Waals surface area contributed by atoms with Gasteiger partial charge in [-0.2, -0.15) is 18.3 Å². The number of H-pyrrole nitrogens is 1. The highest BCUT2D eigenvalue weighted by molar-refractivity contribution is 8.02. The second kappa shape index (κ2) is 13.8. The Morgan fingerprint density at radius 3 is 2.42 bits per heavy atom. The zero-order valence-electron chi connectivity index (χ0n) is 19.7. The molecule has 33 heavy (non-hydrogen) atoms. The van der Waals surface area contributed by atoms with Gasteiger partial charge >= 0.3 is 6.18 Å². The molecule has 2 N–H and O–H groups in total. The van der Waals surface area contributed by atoms with Crippen LogP contribution in [-0.2, 0) is 4.79 Å². The lowest BCUT2D eigenvalue weighted by Crippen LogP contribution is -2.36. The molecule has 1 aromatic rings. The van der Waals surface area contributed by atoms with Crippen LogP contribution in [0, 0.1) is 0 Å². The predicted molar refractivity (Wildman–Crippen MR) is 129 cm³/mol. The van der Waals surface area contributed by atoms with Crippen LogP contribution in [0.3, 0.4) is 0 Å². The Morgan fingerprint density at radius 2 is 1.91 bits per heavy atom. The number of rotatable bonds is 6. The van der Waals surface area contributed by atoms with Gasteiger partial charge in [0.2, 0.25) is 0 Å². The summed E-state index contributed by atoms with van der Waals surface area (Å²) in [5.74, 6) is -0.145. The number of nitrogens with zero attached hydrogens (tertiary/aromatic N) is 3. The molecule has 1 amide bonds. The number of likely N-dealkylation sites (tertiary alicyclic amines) is 1. The molecule has 0 aliphatic carbocycles. The van der Waals surface area contributed by atoms with Crippen LogP contribution in [0.25, 0.3) is 0 Å². The van der Waals surface area contributed by atoms with Gasteiger partial charge in [0, 0.05) is 38.7 Å². The Kier molecular flexibility index (Phi) is 11.9. The normalized spacial score (nSPS) is 18.3. The number of nitrogens with one attached hydrogen (secondary N) is 2. The highest BCUT2D eigenvalue weighted by Crippen LogP contribution is 2.40. The maximum Gasteiger partial charge on any atom is 0.386 e. The summed E-state index contributed by atoms with van der Waals surface area (Å²) in [5.41, 5.74) is 3.14. The minimum absolute atomic E-state index is 0.0235. The van der Waals surface area contributed by atoms with E-state index in [2.05, 4.69) is 33.6 Å². The molecule has 0 radical (unpaired) electrons. The molecule has 1 fully saturated rings. The number of allylic oxidation sites excluding steroid dienone is 2. The molecular weight excluding hydrogens is 451 g/mol. The monoisotopic (exact) mass is 485 g/mol. The van der Waals surface area contributed by atoms with E-state index in [9.17, 15) is 18.0 Å². The van der Waals surface area contributed by atoms with Crippen LogP contribution in [-0.4, -0.2) is 52.2 Å². The van der Waals surface area contributed by atoms with E-state index in [4.69, 9.17) is 0 Å². The van der Waals surface area contributed by atoms with E-state index < -0.39 is 6.18 Å². The fourth-order valence-electron chi connectivity index (χ4n) is 3.18. The van der Waals surface area contributed by atoms with E-state index in [1.54, 1.807) is 24.0 Å². The maximum atomic E-state index is 12.8. The molecule has 2 aliphatic heterocycles. The van der Waals surface area contributed by atoms with Crippen LogP contribution >= 0.6 is 11.8 Å². The number of likely N-dealkylation sites (N-methyl/N-ethyl adjacent to an activating group) is 1. The quantitative estimate of drug-likeness (QED) is 0.506. The van der Waals surface area contributed by atoms with Crippen molar-refractivity contribution in [3.8, 4) is 0 Å². The number of hydrogen-bond acceptors (Lipinski definition) is 5. The van der Waals surface area contributed by atoms with Crippen LogP contribution in [0.4, 0.5) is 13.2 Å². The number of aromatic amines is 1. The van der Waals surface area contributed by atoms with Gasteiger partial charge < -0.3 is 15.1 Å². The Hall–Kier alpha value is -2.62. The van der Waals surface area contributed by atoms with Crippen LogP contribution < -0.4 is 5.32 Å². The van der Waals surface area contributed by atoms with Crippen LogP contribution in [0.2, 0.25) is 0 Å². The van der Waals surface area contributed by atoms with Gasteiger partial charge in [-0.3, -0.25) is 9.89 Å². The first-order valence-corrected chi connectivity index (χ1v) is 11.8. The number of carbonyl (C=O) groups is 1. The summed E-state index contributed by atoms with van der Waals surface area (Å²) < 4.78 is 31.1. The second-order valence-electron chi connectivity index (χ2n) is 7.16. The van der Waals surface area contributed by atoms with Gasteiger partial charge in [-0.1, -0.05) is 33.1 Å². The standard InChI is InChI=1S/C19H25N5OS.C2H3F3.C2H6/c1-4-8-15(14(2)24-11-6-5-7-12-24)21-18(25)17-13-26-19(23(17)3)16-9-10-20-22-16;1-2(3,4)5;1-2/h4,8-10,13,19H,1-2,5-7,11-12H2,3H3,(H,20,22)(H,21,25);1H3;1-2H3/b15-8+;;. The van der Waals surface area contributed by atoms with Crippen molar-refractivity contribution in [3.05, 3.63) is 65.8 Å². The van der Waals surface area contributed by atoms with Crippen molar-refractivity contribution < 1.29 is 18.0 Å². The van der Waals surface area contributed by atoms with Crippen LogP contribution in [0.15, 0.2) is 60.1 Å². The molecule has 0 spiro atoms. The molecular formula is C23H34F3N5OS. The van der Waals surface area contributed by atoms with E-state index >= 15 is 0 Å². The van der Waals surface area contributed by atoms with Crippen molar-refractivity contribution in [2.45, 2.75) is 51.6 Å². The number of halogens is 3. The molecule has 6 nitrogen and oxygen atoms in total. The Bertz CT molecular complexity index is 822. The topological polar surface area (TPSA) is 64.3 Å². The molecule has 1 saturated heterocycles. The predicted octanol–water partition coefficient (Wildman–Crippen LogP) is 5.71. The number of carbonyl (C=O) groups excluding carboxylic acids is 1. The van der Waals surface area contributed by atoms with Crippen LogP contribution in [0.1, 0.15) is 51.1 Å². The highest BCUT2D eigenvalue weighted by Gasteiger charge is 2.30. The van der Waals surface area contributed by atoms with E-state index in [-0.39, 0.29) is 18.2 Å². The van der Waals surface area contributed by atoms with Crippen molar-refractivity contribution in [3.63, 3.8) is 0 Å². The summed E-state index contributed by atoms with van der Waals surface area (Å²) in [7, 11) is 1.91. The number of amides is 1. The van der Waals surface area contributed by atoms with Gasteiger partial charge in [-0.15, -0.1) is 11.8 Å². The molecule has 1 aromatic heterocycles. The zero-order chi connectivity index (χ0) is 25.0. The molecule has 3 rings (SSSR count). The van der Waals surface area contributed by atoms with Crippen LogP contribution in [0.5, 0.6) is 0 Å². The van der Waals surface area contributed by atoms with Crippen molar-refractivity contribution in [2.24, 2.45) is 0 Å². The Labute approximate surface area is 198 Å². The first kappa shape index (κ1) is 28.4. The number of thioether (sulfide) groups is 1. The zero-order valence-corrected chi connectivity index (χ0v) is 20.5. The van der Waals surface area contributed by atoms with E-state index in [1.807, 2.05) is 43.3 Å². The molecule has 3 heterocycles. The molecule has 2 aliphatic rings.